The second kappa shape index (κ2) is 8.54. The Kier molecular flexibility index (Phi) is 5.34. The van der Waals surface area contributed by atoms with Gasteiger partial charge in [0, 0.05) is 6.54 Å². The molecule has 35 heavy (non-hydrogen) atoms. The van der Waals surface area contributed by atoms with E-state index >= 15 is 0 Å². The fraction of sp³-hybridized carbons (Fsp3) is 0.269. The molecule has 3 aromatic carbocycles. The van der Waals surface area contributed by atoms with Crippen LogP contribution in [0.5, 0.6) is 0 Å². The minimum absolute atomic E-state index is 0.401. The molecule has 4 N–H and O–H groups in total. The third-order valence-corrected chi connectivity index (χ3v) is 6.90. The average molecular weight is 472 g/mol. The van der Waals surface area contributed by atoms with E-state index in [1.807, 2.05) is 12.1 Å². The number of rotatable bonds is 5. The number of imidazole rings is 1. The smallest absolute Gasteiger partial charge is 0.167 e. The van der Waals surface area contributed by atoms with Crippen molar-refractivity contribution in [1.29, 1.82) is 0 Å². The number of nitrogens with zero attached hydrogens (tertiary/aromatic N) is 4. The fourth-order valence-electron chi connectivity index (χ4n) is 5.08. The molecule has 0 spiro atoms. The molecule has 5 aromatic rings. The van der Waals surface area contributed by atoms with E-state index in [-0.39, 0.29) is 0 Å². The lowest BCUT2D eigenvalue weighted by atomic mass is 9.92. The van der Waals surface area contributed by atoms with Crippen molar-refractivity contribution in [1.82, 2.24) is 19.5 Å². The lowest BCUT2D eigenvalue weighted by Crippen LogP contribution is -2.33. The first-order valence-electron chi connectivity index (χ1n) is 11.5. The maximum absolute atomic E-state index is 10.4. The molecule has 9 nitrogen and oxygen atoms in total. The summed E-state index contributed by atoms with van der Waals surface area (Å²) >= 11 is 0. The van der Waals surface area contributed by atoms with E-state index in [0.717, 1.165) is 5.56 Å². The van der Waals surface area contributed by atoms with Crippen LogP contribution >= 0.6 is 0 Å². The Morgan fingerprint density at radius 3 is 2.20 bits per heavy atom. The molecule has 0 bridgehead atoms. The van der Waals surface area contributed by atoms with E-state index < -0.39 is 31.1 Å². The Balaban J connectivity index is 1.38. The van der Waals surface area contributed by atoms with Gasteiger partial charge in [-0.15, -0.1) is 0 Å². The number of hydrogen-bond acceptors (Lipinski definition) is 8. The number of benzene rings is 3. The molecule has 1 saturated heterocycles. The minimum atomic E-state index is -1.22. The van der Waals surface area contributed by atoms with Crippen LogP contribution in [0.25, 0.3) is 32.7 Å². The van der Waals surface area contributed by atoms with Gasteiger partial charge in [0.25, 0.3) is 0 Å². The highest BCUT2D eigenvalue weighted by molar-refractivity contribution is 6.05. The van der Waals surface area contributed by atoms with Gasteiger partial charge in [0.1, 0.15) is 24.6 Å². The predicted octanol–water partition coefficient (Wildman–Crippen LogP) is 2.66. The van der Waals surface area contributed by atoms with E-state index in [9.17, 15) is 15.3 Å². The Labute approximate surface area is 200 Å². The predicted molar refractivity (Wildman–Crippen MR) is 132 cm³/mol. The fourth-order valence-corrected chi connectivity index (χ4v) is 5.08. The van der Waals surface area contributed by atoms with Gasteiger partial charge in [0.2, 0.25) is 0 Å². The van der Waals surface area contributed by atoms with Gasteiger partial charge in [-0.05, 0) is 39.6 Å². The van der Waals surface area contributed by atoms with Crippen LogP contribution < -0.4 is 5.32 Å². The molecule has 1 fully saturated rings. The summed E-state index contributed by atoms with van der Waals surface area (Å²) in [6.45, 7) is 2.27. The Morgan fingerprint density at radius 2 is 1.57 bits per heavy atom. The number of aliphatic hydroxyl groups excluding tert-OH is 3. The second-order valence-electron chi connectivity index (χ2n) is 8.82. The minimum Gasteiger partial charge on any atom is -0.394 e. The number of aliphatic hydroxyl groups is 3. The number of anilines is 1. The highest BCUT2D eigenvalue weighted by Gasteiger charge is 2.44. The second-order valence-corrected chi connectivity index (χ2v) is 8.82. The zero-order valence-electron chi connectivity index (χ0n) is 19.0. The monoisotopic (exact) mass is 471 g/mol. The van der Waals surface area contributed by atoms with Crippen molar-refractivity contribution in [3.63, 3.8) is 0 Å². The first-order valence-corrected chi connectivity index (χ1v) is 11.5. The summed E-state index contributed by atoms with van der Waals surface area (Å²) < 4.78 is 7.21. The molecular formula is C26H25N5O4. The summed E-state index contributed by atoms with van der Waals surface area (Å²) in [5.74, 6) is 0.550. The quantitative estimate of drug-likeness (QED) is 0.288. The van der Waals surface area contributed by atoms with Gasteiger partial charge in [0.15, 0.2) is 23.2 Å². The number of ether oxygens (including phenoxy) is 1. The number of nitrogens with one attached hydrogen (secondary N) is 1. The summed E-state index contributed by atoms with van der Waals surface area (Å²) in [4.78, 5) is 13.2. The van der Waals surface area contributed by atoms with Crippen LogP contribution in [-0.4, -0.2) is 59.8 Å². The maximum Gasteiger partial charge on any atom is 0.167 e. The van der Waals surface area contributed by atoms with E-state index in [2.05, 4.69) is 63.6 Å². The molecule has 0 aliphatic carbocycles. The number of fused-ring (bicyclic) bond motifs is 3. The van der Waals surface area contributed by atoms with Crippen molar-refractivity contribution in [3.8, 4) is 0 Å². The summed E-state index contributed by atoms with van der Waals surface area (Å²) in [5.41, 5.74) is 3.39. The van der Waals surface area contributed by atoms with Crippen molar-refractivity contribution in [2.75, 3.05) is 11.9 Å². The summed E-state index contributed by atoms with van der Waals surface area (Å²) in [7, 11) is 0. The number of aromatic nitrogens is 4. The topological polar surface area (TPSA) is 126 Å². The van der Waals surface area contributed by atoms with Crippen LogP contribution in [-0.2, 0) is 11.3 Å². The highest BCUT2D eigenvalue weighted by atomic mass is 16.6. The molecular weight excluding hydrogens is 446 g/mol. The Morgan fingerprint density at radius 1 is 0.914 bits per heavy atom. The number of aryl methyl sites for hydroxylation is 1. The number of hydrogen-bond donors (Lipinski definition) is 4. The van der Waals surface area contributed by atoms with Gasteiger partial charge >= 0.3 is 0 Å². The molecule has 0 saturated carbocycles. The largest absolute Gasteiger partial charge is 0.394 e. The molecule has 4 atom stereocenters. The molecule has 9 heteroatoms. The lowest BCUT2D eigenvalue weighted by molar-refractivity contribution is -0.0511. The zero-order chi connectivity index (χ0) is 24.1. The molecule has 1 aliphatic heterocycles. The van der Waals surface area contributed by atoms with Gasteiger partial charge in [-0.3, -0.25) is 4.57 Å². The van der Waals surface area contributed by atoms with Crippen LogP contribution in [0.2, 0.25) is 0 Å². The Hall–Kier alpha value is -3.63. The molecule has 6 rings (SSSR count). The van der Waals surface area contributed by atoms with E-state index in [1.54, 1.807) is 4.57 Å². The van der Waals surface area contributed by atoms with Gasteiger partial charge in [-0.1, -0.05) is 48.5 Å². The zero-order valence-corrected chi connectivity index (χ0v) is 19.0. The van der Waals surface area contributed by atoms with Crippen LogP contribution in [0.1, 0.15) is 17.4 Å². The van der Waals surface area contributed by atoms with Gasteiger partial charge in [0.05, 0.1) is 12.9 Å². The first kappa shape index (κ1) is 21.9. The van der Waals surface area contributed by atoms with Crippen LogP contribution in [0, 0.1) is 6.92 Å². The molecule has 178 valence electrons. The molecule has 0 amide bonds. The standard InChI is InChI=1S/C26H25N5O4/c1-14-15-6-2-4-8-17(15)19(18-9-5-3-7-16(14)18)10-27-24-21-25(29-12-28-24)31(13-30-21)26-23(34)22(33)20(11-32)35-26/h2-9,12-13,20,22-23,26,32-34H,10-11H2,1H3,(H,27,28,29). The summed E-state index contributed by atoms with van der Waals surface area (Å²) in [6, 6.07) is 16.8. The molecule has 4 unspecified atom stereocenters. The van der Waals surface area contributed by atoms with Crippen molar-refractivity contribution < 1.29 is 20.1 Å². The van der Waals surface area contributed by atoms with E-state index in [1.165, 1.54) is 39.8 Å². The SMILES string of the molecule is Cc1c2ccccc2c(CNc2ncnc3c2ncn3C2OC(CO)C(O)C2O)c2ccccc12. The van der Waals surface area contributed by atoms with Gasteiger partial charge < -0.3 is 25.4 Å². The van der Waals surface area contributed by atoms with Crippen LogP contribution in [0.4, 0.5) is 5.82 Å². The van der Waals surface area contributed by atoms with Crippen LogP contribution in [0.15, 0.2) is 61.2 Å². The summed E-state index contributed by atoms with van der Waals surface area (Å²) in [6.07, 6.45) is -1.29. The van der Waals surface area contributed by atoms with Crippen molar-refractivity contribution in [2.45, 2.75) is 38.0 Å². The summed E-state index contributed by atoms with van der Waals surface area (Å²) in [5, 5.41) is 38.2. The van der Waals surface area contributed by atoms with Crippen molar-refractivity contribution in [3.05, 3.63) is 72.3 Å². The highest BCUT2D eigenvalue weighted by Crippen LogP contribution is 2.34. The third-order valence-electron chi connectivity index (χ3n) is 6.90. The van der Waals surface area contributed by atoms with Crippen molar-refractivity contribution in [2.24, 2.45) is 0 Å². The normalized spacial score (nSPS) is 22.4. The average Bonchev–Trinajstić information content (AvgIpc) is 3.45. The maximum atomic E-state index is 10.4. The Bertz CT molecular complexity index is 1490. The van der Waals surface area contributed by atoms with Crippen molar-refractivity contribution >= 4 is 38.5 Å². The molecule has 0 radical (unpaired) electrons. The van der Waals surface area contributed by atoms with Gasteiger partial charge in [-0.25, -0.2) is 15.0 Å². The van der Waals surface area contributed by atoms with E-state index in [0.29, 0.717) is 23.5 Å². The molecule has 3 heterocycles. The van der Waals surface area contributed by atoms with E-state index in [4.69, 9.17) is 4.74 Å². The third kappa shape index (κ3) is 3.43. The lowest BCUT2D eigenvalue weighted by Gasteiger charge is -2.17. The van der Waals surface area contributed by atoms with Gasteiger partial charge in [-0.2, -0.15) is 0 Å². The molecule has 1 aliphatic rings. The van der Waals surface area contributed by atoms with Crippen LogP contribution in [0.3, 0.4) is 0 Å². The molecule has 2 aromatic heterocycles. The first-order chi connectivity index (χ1) is 17.1.